The van der Waals surface area contributed by atoms with E-state index in [-0.39, 0.29) is 26.0 Å². The highest BCUT2D eigenvalue weighted by Crippen LogP contribution is 2.37. The van der Waals surface area contributed by atoms with Gasteiger partial charge in [0.25, 0.3) is 0 Å². The van der Waals surface area contributed by atoms with Gasteiger partial charge in [-0.25, -0.2) is 9.59 Å². The second kappa shape index (κ2) is 8.36. The predicted octanol–water partition coefficient (Wildman–Crippen LogP) is 3.01. The van der Waals surface area contributed by atoms with E-state index in [0.717, 1.165) is 0 Å². The van der Waals surface area contributed by atoms with E-state index in [2.05, 4.69) is 5.32 Å². The molecule has 2 amide bonds. The van der Waals surface area contributed by atoms with E-state index >= 15 is 0 Å². The van der Waals surface area contributed by atoms with E-state index in [1.807, 2.05) is 30.3 Å². The third-order valence-corrected chi connectivity index (χ3v) is 5.03. The SMILES string of the molecule is CC1=C(C(=O)OCCOc2ccccc2)[C@H](c2ccc3c(c2)OCO3)NC(=O)N1C. The van der Waals surface area contributed by atoms with Crippen molar-refractivity contribution in [2.75, 3.05) is 27.1 Å². The van der Waals surface area contributed by atoms with Gasteiger partial charge in [0.15, 0.2) is 11.5 Å². The molecule has 0 bridgehead atoms. The van der Waals surface area contributed by atoms with E-state index in [0.29, 0.717) is 34.1 Å². The van der Waals surface area contributed by atoms with Crippen molar-refractivity contribution >= 4 is 12.0 Å². The Balaban J connectivity index is 1.50. The minimum Gasteiger partial charge on any atom is -0.490 e. The first-order valence-electron chi connectivity index (χ1n) is 9.54. The number of ether oxygens (including phenoxy) is 4. The van der Waals surface area contributed by atoms with Crippen LogP contribution in [0.4, 0.5) is 4.79 Å². The number of urea groups is 1. The molecule has 0 fully saturated rings. The Kier molecular flexibility index (Phi) is 5.47. The number of carbonyl (C=O) groups is 2. The van der Waals surface area contributed by atoms with Gasteiger partial charge in [0, 0.05) is 12.7 Å². The first-order chi connectivity index (χ1) is 14.5. The quantitative estimate of drug-likeness (QED) is 0.582. The highest BCUT2D eigenvalue weighted by Gasteiger charge is 2.35. The fraction of sp³-hybridized carbons (Fsp3) is 0.273. The van der Waals surface area contributed by atoms with Crippen molar-refractivity contribution in [2.45, 2.75) is 13.0 Å². The number of fused-ring (bicyclic) bond motifs is 1. The number of allylic oxidation sites excluding steroid dienone is 1. The third-order valence-electron chi connectivity index (χ3n) is 5.03. The summed E-state index contributed by atoms with van der Waals surface area (Å²) in [5, 5.41) is 2.85. The van der Waals surface area contributed by atoms with Gasteiger partial charge in [0.1, 0.15) is 19.0 Å². The zero-order valence-electron chi connectivity index (χ0n) is 16.7. The molecule has 0 aromatic heterocycles. The van der Waals surface area contributed by atoms with E-state index in [4.69, 9.17) is 18.9 Å². The van der Waals surface area contributed by atoms with Gasteiger partial charge in [-0.05, 0) is 36.8 Å². The highest BCUT2D eigenvalue weighted by atomic mass is 16.7. The molecule has 2 aromatic carbocycles. The Morgan fingerprint density at radius 3 is 2.70 bits per heavy atom. The maximum absolute atomic E-state index is 12.9. The number of nitrogens with one attached hydrogen (secondary N) is 1. The van der Waals surface area contributed by atoms with Crippen LogP contribution >= 0.6 is 0 Å². The van der Waals surface area contributed by atoms with Gasteiger partial charge < -0.3 is 29.2 Å². The van der Waals surface area contributed by atoms with Gasteiger partial charge in [-0.15, -0.1) is 0 Å². The molecule has 1 atom stereocenters. The summed E-state index contributed by atoms with van der Waals surface area (Å²) in [5.74, 6) is 1.38. The van der Waals surface area contributed by atoms with Crippen molar-refractivity contribution in [3.8, 4) is 17.2 Å². The van der Waals surface area contributed by atoms with E-state index in [1.165, 1.54) is 4.90 Å². The molecule has 2 heterocycles. The number of hydrogen-bond acceptors (Lipinski definition) is 6. The molecule has 0 radical (unpaired) electrons. The Hall–Kier alpha value is -3.68. The van der Waals surface area contributed by atoms with Gasteiger partial charge in [-0.3, -0.25) is 0 Å². The first-order valence-corrected chi connectivity index (χ1v) is 9.54. The van der Waals surface area contributed by atoms with Crippen LogP contribution in [0.1, 0.15) is 18.5 Å². The summed E-state index contributed by atoms with van der Waals surface area (Å²) >= 11 is 0. The lowest BCUT2D eigenvalue weighted by Gasteiger charge is -2.33. The van der Waals surface area contributed by atoms with Crippen LogP contribution in [-0.2, 0) is 9.53 Å². The third kappa shape index (κ3) is 3.89. The van der Waals surface area contributed by atoms with Gasteiger partial charge in [0.2, 0.25) is 6.79 Å². The number of hydrogen-bond donors (Lipinski definition) is 1. The van der Waals surface area contributed by atoms with Crippen LogP contribution in [0, 0.1) is 0 Å². The van der Waals surface area contributed by atoms with Crippen molar-refractivity contribution in [3.05, 3.63) is 65.4 Å². The van der Waals surface area contributed by atoms with Crippen LogP contribution in [0.15, 0.2) is 59.8 Å². The Morgan fingerprint density at radius 1 is 1.13 bits per heavy atom. The van der Waals surface area contributed by atoms with Crippen molar-refractivity contribution in [1.29, 1.82) is 0 Å². The van der Waals surface area contributed by atoms with Crippen molar-refractivity contribution < 1.29 is 28.5 Å². The maximum Gasteiger partial charge on any atom is 0.338 e. The summed E-state index contributed by atoms with van der Waals surface area (Å²) in [6, 6.07) is 13.6. The molecule has 2 aliphatic rings. The fourth-order valence-electron chi connectivity index (χ4n) is 3.33. The molecule has 0 spiro atoms. The lowest BCUT2D eigenvalue weighted by molar-refractivity contribution is -0.140. The Bertz CT molecular complexity index is 988. The lowest BCUT2D eigenvalue weighted by Crippen LogP contribution is -2.46. The van der Waals surface area contributed by atoms with E-state index < -0.39 is 12.0 Å². The number of benzene rings is 2. The number of rotatable bonds is 6. The molecule has 8 heteroatoms. The molecular weight excluding hydrogens is 388 g/mol. The summed E-state index contributed by atoms with van der Waals surface area (Å²) in [4.78, 5) is 26.7. The van der Waals surface area contributed by atoms with Gasteiger partial charge >= 0.3 is 12.0 Å². The Morgan fingerprint density at radius 2 is 1.90 bits per heavy atom. The summed E-state index contributed by atoms with van der Waals surface area (Å²) in [7, 11) is 1.60. The van der Waals surface area contributed by atoms with Gasteiger partial charge in [0.05, 0.1) is 11.6 Å². The minimum atomic E-state index is -0.661. The lowest BCUT2D eigenvalue weighted by atomic mass is 9.95. The van der Waals surface area contributed by atoms with E-state index in [1.54, 1.807) is 32.2 Å². The minimum absolute atomic E-state index is 0.0794. The van der Waals surface area contributed by atoms with Crippen LogP contribution in [-0.4, -0.2) is 44.0 Å². The molecule has 0 unspecified atom stereocenters. The standard InChI is InChI=1S/C22H22N2O6/c1-14-19(21(25)28-11-10-27-16-6-4-3-5-7-16)20(23-22(26)24(14)2)15-8-9-17-18(12-15)30-13-29-17/h3-9,12,20H,10-11,13H2,1-2H3,(H,23,26)/t20-/m0/s1. The van der Waals surface area contributed by atoms with Crippen LogP contribution in [0.25, 0.3) is 0 Å². The molecule has 8 nitrogen and oxygen atoms in total. The number of amides is 2. The van der Waals surface area contributed by atoms with Gasteiger partial charge in [-0.1, -0.05) is 24.3 Å². The average Bonchev–Trinajstić information content (AvgIpc) is 3.23. The fourth-order valence-corrected chi connectivity index (χ4v) is 3.33. The molecule has 2 aromatic rings. The zero-order valence-corrected chi connectivity index (χ0v) is 16.7. The number of para-hydroxylation sites is 1. The highest BCUT2D eigenvalue weighted by molar-refractivity contribution is 5.95. The molecule has 1 N–H and O–H groups in total. The van der Waals surface area contributed by atoms with Crippen LogP contribution < -0.4 is 19.5 Å². The number of nitrogens with zero attached hydrogens (tertiary/aromatic N) is 1. The predicted molar refractivity (Wildman–Crippen MR) is 107 cm³/mol. The van der Waals surface area contributed by atoms with Crippen LogP contribution in [0.2, 0.25) is 0 Å². The summed E-state index contributed by atoms with van der Waals surface area (Å²) < 4.78 is 21.8. The Labute approximate surface area is 174 Å². The smallest absolute Gasteiger partial charge is 0.338 e. The molecule has 0 saturated heterocycles. The average molecular weight is 410 g/mol. The molecule has 0 saturated carbocycles. The molecule has 156 valence electrons. The van der Waals surface area contributed by atoms with Crippen molar-refractivity contribution in [3.63, 3.8) is 0 Å². The van der Waals surface area contributed by atoms with Crippen LogP contribution in [0.3, 0.4) is 0 Å². The molecule has 30 heavy (non-hydrogen) atoms. The molecule has 2 aliphatic heterocycles. The summed E-state index contributed by atoms with van der Waals surface area (Å²) in [6.07, 6.45) is 0. The monoisotopic (exact) mass is 410 g/mol. The zero-order chi connectivity index (χ0) is 21.1. The maximum atomic E-state index is 12.9. The molecular formula is C22H22N2O6. The summed E-state index contributed by atoms with van der Waals surface area (Å²) in [6.45, 7) is 2.16. The molecule has 0 aliphatic carbocycles. The molecule has 4 rings (SSSR count). The largest absolute Gasteiger partial charge is 0.490 e. The number of carbonyl (C=O) groups excluding carboxylic acids is 2. The second-order valence-corrected chi connectivity index (χ2v) is 6.85. The van der Waals surface area contributed by atoms with Crippen molar-refractivity contribution in [1.82, 2.24) is 10.2 Å². The topological polar surface area (TPSA) is 86.3 Å². The normalized spacial score (nSPS) is 17.6. The van der Waals surface area contributed by atoms with Gasteiger partial charge in [-0.2, -0.15) is 0 Å². The summed E-state index contributed by atoms with van der Waals surface area (Å²) in [5.41, 5.74) is 1.58. The second-order valence-electron chi connectivity index (χ2n) is 6.85. The number of esters is 1. The van der Waals surface area contributed by atoms with Crippen LogP contribution in [0.5, 0.6) is 17.2 Å². The van der Waals surface area contributed by atoms with E-state index in [9.17, 15) is 9.59 Å². The first kappa shape index (κ1) is 19.6. The van der Waals surface area contributed by atoms with Crippen molar-refractivity contribution in [2.24, 2.45) is 0 Å².